The van der Waals surface area contributed by atoms with Crippen LogP contribution in [-0.2, 0) is 4.79 Å². The minimum absolute atomic E-state index is 0.0475. The van der Waals surface area contributed by atoms with Gasteiger partial charge in [-0.3, -0.25) is 4.79 Å². The lowest BCUT2D eigenvalue weighted by Crippen LogP contribution is -2.42. The average molecular weight is 298 g/mol. The van der Waals surface area contributed by atoms with Crippen LogP contribution in [0.3, 0.4) is 0 Å². The van der Waals surface area contributed by atoms with Crippen molar-refractivity contribution in [3.63, 3.8) is 0 Å². The normalized spacial score (nSPS) is 19.6. The lowest BCUT2D eigenvalue weighted by molar-refractivity contribution is -0.141. The minimum atomic E-state index is -2.74. The van der Waals surface area contributed by atoms with Gasteiger partial charge in [0.25, 0.3) is 6.43 Å². The third-order valence-corrected chi connectivity index (χ3v) is 3.51. The molecule has 2 rings (SSSR count). The number of amides is 2. The molecular formula is C14H16F2N2O3. The largest absolute Gasteiger partial charge is 0.481 e. The maximum atomic E-state index is 13.1. The Balaban J connectivity index is 2.01. The maximum absolute atomic E-state index is 13.1. The van der Waals surface area contributed by atoms with E-state index in [0.717, 1.165) is 0 Å². The number of likely N-dealkylation sites (tertiary alicyclic amines) is 1. The zero-order valence-electron chi connectivity index (χ0n) is 11.2. The summed E-state index contributed by atoms with van der Waals surface area (Å²) in [6.07, 6.45) is -2.40. The van der Waals surface area contributed by atoms with Crippen LogP contribution in [0, 0.1) is 5.92 Å². The smallest absolute Gasteiger partial charge is 0.318 e. The minimum Gasteiger partial charge on any atom is -0.481 e. The highest BCUT2D eigenvalue weighted by atomic mass is 19.3. The van der Waals surface area contributed by atoms with Crippen LogP contribution in [-0.4, -0.2) is 41.5 Å². The summed E-state index contributed by atoms with van der Waals surface area (Å²) in [6, 6.07) is 5.91. The Morgan fingerprint density at radius 1 is 1.29 bits per heavy atom. The fourth-order valence-electron chi connectivity index (χ4n) is 2.32. The molecule has 1 aromatic carbocycles. The Bertz CT molecular complexity index is 510. The molecule has 7 heteroatoms. The number of carbonyl (C=O) groups excluding carboxylic acids is 1. The molecule has 1 saturated heterocycles. The Morgan fingerprint density at radius 2 is 1.95 bits per heavy atom. The van der Waals surface area contributed by atoms with Gasteiger partial charge in [0.15, 0.2) is 0 Å². The van der Waals surface area contributed by atoms with Crippen LogP contribution in [0.25, 0.3) is 0 Å². The molecule has 1 fully saturated rings. The molecule has 1 heterocycles. The van der Waals surface area contributed by atoms with Crippen molar-refractivity contribution in [2.45, 2.75) is 18.9 Å². The maximum Gasteiger partial charge on any atom is 0.318 e. The summed E-state index contributed by atoms with van der Waals surface area (Å²) >= 11 is 0. The van der Waals surface area contributed by atoms with Crippen molar-refractivity contribution in [3.8, 4) is 0 Å². The van der Waals surface area contributed by atoms with Crippen molar-refractivity contribution < 1.29 is 23.5 Å². The second-order valence-electron chi connectivity index (χ2n) is 4.94. The van der Waals surface area contributed by atoms with Crippen LogP contribution < -0.4 is 5.32 Å². The molecule has 1 aromatic rings. The number of hydrogen-bond acceptors (Lipinski definition) is 2. The molecule has 1 aliphatic heterocycles. The molecule has 2 unspecified atom stereocenters. The lowest BCUT2D eigenvalue weighted by atomic mass is 10.1. The summed E-state index contributed by atoms with van der Waals surface area (Å²) in [4.78, 5) is 24.1. The molecule has 0 saturated carbocycles. The molecule has 5 nitrogen and oxygen atoms in total. The van der Waals surface area contributed by atoms with Crippen molar-refractivity contribution in [3.05, 3.63) is 35.9 Å². The third-order valence-electron chi connectivity index (χ3n) is 3.51. The topological polar surface area (TPSA) is 69.6 Å². The summed E-state index contributed by atoms with van der Waals surface area (Å²) in [5, 5.41) is 11.2. The number of urea groups is 1. The van der Waals surface area contributed by atoms with Crippen LogP contribution in [0.5, 0.6) is 0 Å². The third kappa shape index (κ3) is 3.68. The van der Waals surface area contributed by atoms with Crippen molar-refractivity contribution in [1.82, 2.24) is 10.2 Å². The van der Waals surface area contributed by atoms with E-state index >= 15 is 0 Å². The van der Waals surface area contributed by atoms with Crippen molar-refractivity contribution in [2.75, 3.05) is 13.1 Å². The van der Waals surface area contributed by atoms with E-state index in [1.54, 1.807) is 18.2 Å². The SMILES string of the molecule is O=C(O)C1CCN(C(=O)NC(c2ccccc2)C(F)F)C1. The first-order chi connectivity index (χ1) is 9.99. The summed E-state index contributed by atoms with van der Waals surface area (Å²) in [6.45, 7) is 0.305. The van der Waals surface area contributed by atoms with Gasteiger partial charge >= 0.3 is 12.0 Å². The number of hydrogen-bond donors (Lipinski definition) is 2. The van der Waals surface area contributed by atoms with Gasteiger partial charge in [0, 0.05) is 13.1 Å². The van der Waals surface area contributed by atoms with Crippen LogP contribution in [0.2, 0.25) is 0 Å². The van der Waals surface area contributed by atoms with E-state index in [1.165, 1.54) is 17.0 Å². The van der Waals surface area contributed by atoms with Crippen LogP contribution in [0.1, 0.15) is 18.0 Å². The number of benzene rings is 1. The number of nitrogens with one attached hydrogen (secondary N) is 1. The van der Waals surface area contributed by atoms with Gasteiger partial charge in [-0.2, -0.15) is 0 Å². The molecule has 2 N–H and O–H groups in total. The standard InChI is InChI=1S/C14H16F2N2O3/c15-12(16)11(9-4-2-1-3-5-9)17-14(21)18-7-6-10(8-18)13(19)20/h1-5,10-12H,6-8H2,(H,17,21)(H,19,20). The molecular weight excluding hydrogens is 282 g/mol. The molecule has 2 amide bonds. The number of alkyl halides is 2. The molecule has 0 bridgehead atoms. The fraction of sp³-hybridized carbons (Fsp3) is 0.429. The highest BCUT2D eigenvalue weighted by Crippen LogP contribution is 2.22. The first-order valence-corrected chi connectivity index (χ1v) is 6.60. The predicted molar refractivity (Wildman–Crippen MR) is 71.0 cm³/mol. The first-order valence-electron chi connectivity index (χ1n) is 6.60. The van der Waals surface area contributed by atoms with Gasteiger partial charge in [-0.15, -0.1) is 0 Å². The fourth-order valence-corrected chi connectivity index (χ4v) is 2.32. The van der Waals surface area contributed by atoms with Crippen LogP contribution >= 0.6 is 0 Å². The van der Waals surface area contributed by atoms with Gasteiger partial charge in [0.05, 0.1) is 5.92 Å². The van der Waals surface area contributed by atoms with Gasteiger partial charge in [-0.1, -0.05) is 30.3 Å². The summed E-state index contributed by atoms with van der Waals surface area (Å²) < 4.78 is 26.2. The Hall–Kier alpha value is -2.18. The van der Waals surface area contributed by atoms with E-state index < -0.39 is 30.4 Å². The monoisotopic (exact) mass is 298 g/mol. The van der Waals surface area contributed by atoms with Gasteiger partial charge in [0.1, 0.15) is 6.04 Å². The van der Waals surface area contributed by atoms with E-state index in [-0.39, 0.29) is 13.1 Å². The molecule has 0 radical (unpaired) electrons. The van der Waals surface area contributed by atoms with E-state index in [2.05, 4.69) is 5.32 Å². The van der Waals surface area contributed by atoms with Crippen LogP contribution in [0.4, 0.5) is 13.6 Å². The van der Waals surface area contributed by atoms with Crippen molar-refractivity contribution in [2.24, 2.45) is 5.92 Å². The number of carboxylic acid groups (broad SMARTS) is 1. The molecule has 2 atom stereocenters. The van der Waals surface area contributed by atoms with Gasteiger partial charge in [-0.25, -0.2) is 13.6 Å². The summed E-state index contributed by atoms with van der Waals surface area (Å²) in [7, 11) is 0. The Morgan fingerprint density at radius 3 is 2.48 bits per heavy atom. The van der Waals surface area contributed by atoms with E-state index in [9.17, 15) is 18.4 Å². The van der Waals surface area contributed by atoms with Crippen LogP contribution in [0.15, 0.2) is 30.3 Å². The predicted octanol–water partition coefficient (Wildman–Crippen LogP) is 2.11. The second-order valence-corrected chi connectivity index (χ2v) is 4.94. The number of aliphatic carboxylic acids is 1. The lowest BCUT2D eigenvalue weighted by Gasteiger charge is -2.23. The van der Waals surface area contributed by atoms with Crippen molar-refractivity contribution >= 4 is 12.0 Å². The van der Waals surface area contributed by atoms with Crippen molar-refractivity contribution in [1.29, 1.82) is 0 Å². The number of nitrogens with zero attached hydrogens (tertiary/aromatic N) is 1. The highest BCUT2D eigenvalue weighted by Gasteiger charge is 2.33. The van der Waals surface area contributed by atoms with E-state index in [4.69, 9.17) is 5.11 Å². The van der Waals surface area contributed by atoms with E-state index in [0.29, 0.717) is 12.0 Å². The highest BCUT2D eigenvalue weighted by molar-refractivity contribution is 5.77. The molecule has 21 heavy (non-hydrogen) atoms. The zero-order chi connectivity index (χ0) is 15.4. The number of carbonyl (C=O) groups is 2. The second kappa shape index (κ2) is 6.51. The Kier molecular flexibility index (Phi) is 4.72. The molecule has 0 spiro atoms. The first kappa shape index (κ1) is 15.2. The number of rotatable bonds is 4. The molecule has 0 aliphatic carbocycles. The van der Waals surface area contributed by atoms with Gasteiger partial charge in [0.2, 0.25) is 0 Å². The molecule has 0 aromatic heterocycles. The summed E-state index contributed by atoms with van der Waals surface area (Å²) in [5.41, 5.74) is 0.315. The Labute approximate surface area is 120 Å². The number of carboxylic acids is 1. The zero-order valence-corrected chi connectivity index (χ0v) is 11.2. The summed E-state index contributed by atoms with van der Waals surface area (Å²) in [5.74, 6) is -1.60. The van der Waals surface area contributed by atoms with Gasteiger partial charge in [-0.05, 0) is 12.0 Å². The number of halogens is 2. The average Bonchev–Trinajstić information content (AvgIpc) is 2.95. The molecule has 1 aliphatic rings. The van der Waals surface area contributed by atoms with Gasteiger partial charge < -0.3 is 15.3 Å². The molecule has 114 valence electrons. The quantitative estimate of drug-likeness (QED) is 0.894. The van der Waals surface area contributed by atoms with E-state index in [1.807, 2.05) is 0 Å².